The van der Waals surface area contributed by atoms with Gasteiger partial charge in [-0.05, 0) is 25.3 Å². The molecule has 0 saturated heterocycles. The maximum Gasteiger partial charge on any atom is 0.162 e. The molecule has 2 atom stereocenters. The number of hydrogen-bond donors (Lipinski definition) is 1. The van der Waals surface area contributed by atoms with E-state index in [0.29, 0.717) is 25.0 Å². The number of aliphatic hydroxyl groups is 1. The lowest BCUT2D eigenvalue weighted by Gasteiger charge is -2.18. The number of ketones is 1. The lowest BCUT2D eigenvalue weighted by molar-refractivity contribution is -0.117. The summed E-state index contributed by atoms with van der Waals surface area (Å²) in [5, 5.41) is 9.82. The number of carbonyl (C=O) groups excluding carboxylic acids is 1. The summed E-state index contributed by atoms with van der Waals surface area (Å²) in [6, 6.07) is 0. The zero-order chi connectivity index (χ0) is 13.7. The van der Waals surface area contributed by atoms with Gasteiger partial charge in [-0.3, -0.25) is 4.79 Å². The van der Waals surface area contributed by atoms with Crippen LogP contribution in [-0.4, -0.2) is 23.1 Å². The highest BCUT2D eigenvalue weighted by atomic mass is 16.5. The molecule has 0 fully saturated rings. The average molecular weight is 264 g/mol. The zero-order valence-electron chi connectivity index (χ0n) is 11.7. The van der Waals surface area contributed by atoms with Crippen LogP contribution in [0.5, 0.6) is 0 Å². The first-order valence-electron chi connectivity index (χ1n) is 7.50. The predicted octanol–water partition coefficient (Wildman–Crippen LogP) is 3.28. The fraction of sp³-hybridized carbons (Fsp3) is 0.688. The van der Waals surface area contributed by atoms with Gasteiger partial charge in [0.2, 0.25) is 0 Å². The van der Waals surface area contributed by atoms with Gasteiger partial charge in [-0.25, -0.2) is 0 Å². The maximum atomic E-state index is 11.7. The van der Waals surface area contributed by atoms with Gasteiger partial charge in [-0.1, -0.05) is 32.3 Å². The summed E-state index contributed by atoms with van der Waals surface area (Å²) >= 11 is 0. The van der Waals surface area contributed by atoms with Crippen LogP contribution in [0.25, 0.3) is 0 Å². The molecule has 3 nitrogen and oxygen atoms in total. The number of aliphatic hydroxyl groups excluding tert-OH is 1. The molecule has 19 heavy (non-hydrogen) atoms. The second-order valence-corrected chi connectivity index (χ2v) is 5.46. The normalized spacial score (nSPS) is 26.9. The average Bonchev–Trinajstić information content (AvgIpc) is 2.83. The Morgan fingerprint density at radius 1 is 1.37 bits per heavy atom. The maximum absolute atomic E-state index is 11.7. The monoisotopic (exact) mass is 264 g/mol. The Morgan fingerprint density at radius 3 is 2.95 bits per heavy atom. The molecule has 0 bridgehead atoms. The van der Waals surface area contributed by atoms with Crippen molar-refractivity contribution < 1.29 is 14.6 Å². The minimum absolute atomic E-state index is 0.0483. The Hall–Kier alpha value is -1.09. The highest BCUT2D eigenvalue weighted by Gasteiger charge is 2.35. The number of rotatable bonds is 6. The van der Waals surface area contributed by atoms with Crippen molar-refractivity contribution in [2.75, 3.05) is 0 Å². The van der Waals surface area contributed by atoms with E-state index in [-0.39, 0.29) is 11.9 Å². The minimum Gasteiger partial charge on any atom is -0.487 e. The molecule has 2 aliphatic rings. The molecule has 1 aliphatic carbocycles. The third kappa shape index (κ3) is 3.69. The van der Waals surface area contributed by atoms with Crippen LogP contribution < -0.4 is 0 Å². The van der Waals surface area contributed by atoms with Crippen LogP contribution in [0.2, 0.25) is 0 Å². The first kappa shape index (κ1) is 14.3. The first-order chi connectivity index (χ1) is 9.22. The molecule has 0 unspecified atom stereocenters. The Morgan fingerprint density at radius 2 is 2.21 bits per heavy atom. The van der Waals surface area contributed by atoms with E-state index in [1.54, 1.807) is 0 Å². The van der Waals surface area contributed by atoms with Gasteiger partial charge in [0.05, 0.1) is 0 Å². The molecule has 0 radical (unpaired) electrons. The van der Waals surface area contributed by atoms with Crippen molar-refractivity contribution in [1.82, 2.24) is 0 Å². The SMILES string of the molecule is CCCCCC/C=C/[C@@H]1CC2=C(O1)[C@H](O)CCC2=O. The number of unbranched alkanes of at least 4 members (excludes halogenated alkanes) is 4. The quantitative estimate of drug-likeness (QED) is 0.591. The van der Waals surface area contributed by atoms with Crippen LogP contribution in [0.4, 0.5) is 0 Å². The summed E-state index contributed by atoms with van der Waals surface area (Å²) in [6.07, 6.45) is 11.3. The molecule has 1 heterocycles. The number of carbonyl (C=O) groups is 1. The third-order valence-corrected chi connectivity index (χ3v) is 3.84. The summed E-state index contributed by atoms with van der Waals surface area (Å²) in [5.41, 5.74) is 0.722. The van der Waals surface area contributed by atoms with Crippen molar-refractivity contribution >= 4 is 5.78 Å². The lowest BCUT2D eigenvalue weighted by atomic mass is 9.93. The van der Waals surface area contributed by atoms with Gasteiger partial charge in [0.15, 0.2) is 5.78 Å². The smallest absolute Gasteiger partial charge is 0.162 e. The van der Waals surface area contributed by atoms with Gasteiger partial charge in [-0.15, -0.1) is 0 Å². The summed E-state index contributed by atoms with van der Waals surface area (Å²) < 4.78 is 5.70. The summed E-state index contributed by atoms with van der Waals surface area (Å²) in [7, 11) is 0. The molecule has 0 aromatic heterocycles. The van der Waals surface area contributed by atoms with Crippen molar-refractivity contribution in [1.29, 1.82) is 0 Å². The van der Waals surface area contributed by atoms with Crippen molar-refractivity contribution in [3.05, 3.63) is 23.5 Å². The number of hydrogen-bond acceptors (Lipinski definition) is 3. The van der Waals surface area contributed by atoms with E-state index in [1.165, 1.54) is 25.7 Å². The zero-order valence-corrected chi connectivity index (χ0v) is 11.7. The standard InChI is InChI=1S/C16H24O3/c1-2-3-4-5-6-7-8-12-11-13-14(17)9-10-15(18)16(13)19-12/h7-8,12,15,18H,2-6,9-11H2,1H3/b8-7+/t12-,15-/m1/s1. The van der Waals surface area contributed by atoms with E-state index >= 15 is 0 Å². The van der Waals surface area contributed by atoms with Crippen LogP contribution in [0, 0.1) is 0 Å². The van der Waals surface area contributed by atoms with Crippen molar-refractivity contribution in [3.8, 4) is 0 Å². The molecule has 1 aliphatic heterocycles. The lowest BCUT2D eigenvalue weighted by Crippen LogP contribution is -2.21. The van der Waals surface area contributed by atoms with Crippen LogP contribution in [-0.2, 0) is 9.53 Å². The van der Waals surface area contributed by atoms with Gasteiger partial charge in [-0.2, -0.15) is 0 Å². The van der Waals surface area contributed by atoms with Crippen LogP contribution in [0.1, 0.15) is 58.3 Å². The molecule has 1 N–H and O–H groups in total. The van der Waals surface area contributed by atoms with E-state index in [0.717, 1.165) is 12.0 Å². The highest BCUT2D eigenvalue weighted by molar-refractivity contribution is 5.97. The molecule has 0 saturated carbocycles. The largest absolute Gasteiger partial charge is 0.487 e. The fourth-order valence-electron chi connectivity index (χ4n) is 2.70. The van der Waals surface area contributed by atoms with Crippen LogP contribution in [0.15, 0.2) is 23.5 Å². The van der Waals surface area contributed by atoms with Gasteiger partial charge < -0.3 is 9.84 Å². The minimum atomic E-state index is -0.573. The second kappa shape index (κ2) is 6.90. The predicted molar refractivity (Wildman–Crippen MR) is 74.7 cm³/mol. The van der Waals surface area contributed by atoms with Gasteiger partial charge in [0.25, 0.3) is 0 Å². The van der Waals surface area contributed by atoms with E-state index in [4.69, 9.17) is 4.74 Å². The molecular weight excluding hydrogens is 240 g/mol. The van der Waals surface area contributed by atoms with E-state index < -0.39 is 6.10 Å². The van der Waals surface area contributed by atoms with Gasteiger partial charge in [0.1, 0.15) is 18.0 Å². The van der Waals surface area contributed by atoms with Crippen LogP contribution >= 0.6 is 0 Å². The second-order valence-electron chi connectivity index (χ2n) is 5.46. The number of Topliss-reactive ketones (excluding diaryl/α,β-unsaturated/α-hetero) is 1. The number of allylic oxidation sites excluding steroid dienone is 1. The van der Waals surface area contributed by atoms with Gasteiger partial charge >= 0.3 is 0 Å². The van der Waals surface area contributed by atoms with Crippen molar-refractivity contribution in [2.24, 2.45) is 0 Å². The van der Waals surface area contributed by atoms with E-state index in [2.05, 4.69) is 13.0 Å². The molecule has 106 valence electrons. The molecular formula is C16H24O3. The molecule has 3 heteroatoms. The Balaban J connectivity index is 1.77. The molecule has 0 amide bonds. The topological polar surface area (TPSA) is 46.5 Å². The summed E-state index contributed by atoms with van der Waals surface area (Å²) in [5.74, 6) is 0.691. The van der Waals surface area contributed by atoms with Crippen LogP contribution in [0.3, 0.4) is 0 Å². The van der Waals surface area contributed by atoms with Gasteiger partial charge in [0, 0.05) is 18.4 Å². The molecule has 2 rings (SSSR count). The van der Waals surface area contributed by atoms with E-state index in [9.17, 15) is 9.90 Å². The van der Waals surface area contributed by atoms with E-state index in [1.807, 2.05) is 6.08 Å². The molecule has 0 aromatic rings. The first-order valence-corrected chi connectivity index (χ1v) is 7.50. The Bertz CT molecular complexity index is 381. The summed E-state index contributed by atoms with van der Waals surface area (Å²) in [6.45, 7) is 2.21. The van der Waals surface area contributed by atoms with Crippen molar-refractivity contribution in [2.45, 2.75) is 70.5 Å². The Kier molecular flexibility index (Phi) is 5.20. The highest BCUT2D eigenvalue weighted by Crippen LogP contribution is 2.34. The summed E-state index contributed by atoms with van der Waals surface area (Å²) in [4.78, 5) is 11.7. The van der Waals surface area contributed by atoms with Crippen molar-refractivity contribution in [3.63, 3.8) is 0 Å². The molecule has 0 aromatic carbocycles. The third-order valence-electron chi connectivity index (χ3n) is 3.84. The molecule has 0 spiro atoms. The fourth-order valence-corrected chi connectivity index (χ4v) is 2.70. The Labute approximate surface area is 115 Å². The number of ether oxygens (including phenoxy) is 1.